The van der Waals surface area contributed by atoms with E-state index in [2.05, 4.69) is 62.0 Å². The van der Waals surface area contributed by atoms with Gasteiger partial charge in [-0.15, -0.1) is 0 Å². The molecule has 0 amide bonds. The summed E-state index contributed by atoms with van der Waals surface area (Å²) in [5.74, 6) is 0. The molecule has 0 aliphatic heterocycles. The summed E-state index contributed by atoms with van der Waals surface area (Å²) in [4.78, 5) is 8.63. The Bertz CT molecular complexity index is 693. The van der Waals surface area contributed by atoms with E-state index < -0.39 is 0 Å². The number of anilines is 2. The number of nitrogens with zero attached hydrogens (tertiary/aromatic N) is 3. The van der Waals surface area contributed by atoms with Crippen molar-refractivity contribution in [3.8, 4) is 0 Å². The fourth-order valence-electron chi connectivity index (χ4n) is 2.27. The Morgan fingerprint density at radius 2 is 1.74 bits per heavy atom. The molecule has 3 nitrogen and oxygen atoms in total. The van der Waals surface area contributed by atoms with Crippen LogP contribution < -0.4 is 4.90 Å². The second-order valence-electron chi connectivity index (χ2n) is 5.80. The zero-order valence-electron chi connectivity index (χ0n) is 14.5. The van der Waals surface area contributed by atoms with Crippen molar-refractivity contribution < 1.29 is 0 Å². The number of aryl methyl sites for hydroxylation is 2. The Labute approximate surface area is 144 Å². The van der Waals surface area contributed by atoms with E-state index in [1.807, 2.05) is 30.4 Å². The van der Waals surface area contributed by atoms with E-state index in [-0.39, 0.29) is 0 Å². The predicted molar refractivity (Wildman–Crippen MR) is 102 cm³/mol. The third kappa shape index (κ3) is 4.26. The molecule has 0 atom stereocenters. The second kappa shape index (κ2) is 7.51. The van der Waals surface area contributed by atoms with Gasteiger partial charge in [-0.25, -0.2) is 4.99 Å². The maximum atomic E-state index is 6.43. The minimum Gasteiger partial charge on any atom is -0.366 e. The van der Waals surface area contributed by atoms with Crippen LogP contribution in [0.1, 0.15) is 18.1 Å². The van der Waals surface area contributed by atoms with Gasteiger partial charge in [0.25, 0.3) is 0 Å². The predicted octanol–water partition coefficient (Wildman–Crippen LogP) is 5.34. The third-order valence-electron chi connectivity index (χ3n) is 3.94. The second-order valence-corrected chi connectivity index (χ2v) is 6.21. The smallest absolute Gasteiger partial charge is 0.0910 e. The zero-order valence-corrected chi connectivity index (χ0v) is 15.2. The summed E-state index contributed by atoms with van der Waals surface area (Å²) in [6.45, 7) is 7.16. The highest BCUT2D eigenvalue weighted by Gasteiger charge is 2.11. The molecule has 0 aliphatic rings. The molecular formula is C19H24ClN3. The molecule has 0 radical (unpaired) electrons. The fraction of sp³-hybridized carbons (Fsp3) is 0.316. The van der Waals surface area contributed by atoms with Gasteiger partial charge in [0.1, 0.15) is 0 Å². The van der Waals surface area contributed by atoms with Crippen LogP contribution in [-0.4, -0.2) is 31.9 Å². The van der Waals surface area contributed by atoms with Crippen LogP contribution in [0.5, 0.6) is 0 Å². The Morgan fingerprint density at radius 3 is 2.35 bits per heavy atom. The Hall–Kier alpha value is -2.00. The van der Waals surface area contributed by atoms with E-state index in [4.69, 9.17) is 11.6 Å². The highest BCUT2D eigenvalue weighted by Crippen LogP contribution is 2.35. The van der Waals surface area contributed by atoms with Crippen molar-refractivity contribution in [2.24, 2.45) is 4.99 Å². The van der Waals surface area contributed by atoms with Crippen LogP contribution in [0.25, 0.3) is 0 Å². The molecule has 2 rings (SSSR count). The van der Waals surface area contributed by atoms with Crippen LogP contribution in [0, 0.1) is 13.8 Å². The van der Waals surface area contributed by atoms with Crippen LogP contribution in [0.15, 0.2) is 41.4 Å². The van der Waals surface area contributed by atoms with E-state index in [1.54, 1.807) is 0 Å². The van der Waals surface area contributed by atoms with Crippen LogP contribution in [0.4, 0.5) is 17.1 Å². The maximum Gasteiger partial charge on any atom is 0.0910 e. The van der Waals surface area contributed by atoms with Crippen LogP contribution in [0.2, 0.25) is 5.02 Å². The summed E-state index contributed by atoms with van der Waals surface area (Å²) in [6, 6.07) is 12.5. The molecule has 0 N–H and O–H groups in total. The lowest BCUT2D eigenvalue weighted by atomic mass is 10.1. The minimum atomic E-state index is 0.658. The van der Waals surface area contributed by atoms with Crippen LogP contribution >= 0.6 is 11.6 Å². The molecule has 0 spiro atoms. The average Bonchev–Trinajstić information content (AvgIpc) is 2.55. The number of aliphatic imine (C=N–C) groups is 1. The molecule has 0 fully saturated rings. The molecule has 0 saturated carbocycles. The zero-order chi connectivity index (χ0) is 17.0. The Balaban J connectivity index is 2.32. The Morgan fingerprint density at radius 1 is 1.09 bits per heavy atom. The average molecular weight is 330 g/mol. The highest BCUT2D eigenvalue weighted by atomic mass is 35.5. The summed E-state index contributed by atoms with van der Waals surface area (Å²) in [6.07, 6.45) is 1.81. The maximum absolute atomic E-state index is 6.43. The first-order chi connectivity index (χ1) is 10.9. The van der Waals surface area contributed by atoms with Gasteiger partial charge < -0.3 is 9.80 Å². The molecule has 4 heteroatoms. The summed E-state index contributed by atoms with van der Waals surface area (Å²) >= 11 is 6.43. The largest absolute Gasteiger partial charge is 0.366 e. The van der Waals surface area contributed by atoms with Crippen molar-refractivity contribution in [1.29, 1.82) is 0 Å². The molecule has 2 aromatic rings. The highest BCUT2D eigenvalue weighted by molar-refractivity contribution is 6.33. The van der Waals surface area contributed by atoms with Crippen molar-refractivity contribution in [3.63, 3.8) is 0 Å². The molecule has 0 unspecified atom stereocenters. The van der Waals surface area contributed by atoms with Crippen molar-refractivity contribution in [1.82, 2.24) is 4.90 Å². The van der Waals surface area contributed by atoms with Gasteiger partial charge in [-0.05, 0) is 50.6 Å². The fourth-order valence-corrected chi connectivity index (χ4v) is 2.47. The normalized spacial score (nSPS) is 11.0. The standard InChI is InChI=1S/C19H24ClN3/c1-6-22(4)13-21-18-11-15(3)19(12-17(18)20)23(5)16-9-7-14(2)8-10-16/h7-13H,6H2,1-5H3. The number of benzene rings is 2. The van der Waals surface area contributed by atoms with Crippen molar-refractivity contribution in [2.75, 3.05) is 25.5 Å². The molecule has 2 aromatic carbocycles. The van der Waals surface area contributed by atoms with Gasteiger partial charge in [0.05, 0.1) is 17.0 Å². The van der Waals surface area contributed by atoms with E-state index in [9.17, 15) is 0 Å². The summed E-state index contributed by atoms with van der Waals surface area (Å²) in [5, 5.41) is 0.658. The molecule has 23 heavy (non-hydrogen) atoms. The van der Waals surface area contributed by atoms with Gasteiger partial charge in [-0.3, -0.25) is 0 Å². The van der Waals surface area contributed by atoms with Gasteiger partial charge >= 0.3 is 0 Å². The lowest BCUT2D eigenvalue weighted by Gasteiger charge is -2.22. The van der Waals surface area contributed by atoms with Crippen LogP contribution in [-0.2, 0) is 0 Å². The van der Waals surface area contributed by atoms with Crippen molar-refractivity contribution in [2.45, 2.75) is 20.8 Å². The van der Waals surface area contributed by atoms with Crippen molar-refractivity contribution >= 4 is 35.0 Å². The Kier molecular flexibility index (Phi) is 5.67. The molecule has 0 heterocycles. The summed E-state index contributed by atoms with van der Waals surface area (Å²) < 4.78 is 0. The van der Waals surface area contributed by atoms with E-state index in [1.165, 1.54) is 5.56 Å². The van der Waals surface area contributed by atoms with E-state index >= 15 is 0 Å². The number of halogens is 1. The van der Waals surface area contributed by atoms with E-state index in [0.717, 1.165) is 29.2 Å². The molecule has 0 aromatic heterocycles. The van der Waals surface area contributed by atoms with Crippen LogP contribution in [0.3, 0.4) is 0 Å². The molecule has 122 valence electrons. The first-order valence-electron chi connectivity index (χ1n) is 7.77. The molecule has 0 saturated heterocycles. The molecule has 0 aliphatic carbocycles. The number of hydrogen-bond donors (Lipinski definition) is 0. The van der Waals surface area contributed by atoms with Gasteiger partial charge in [0.2, 0.25) is 0 Å². The number of hydrogen-bond acceptors (Lipinski definition) is 2. The monoisotopic (exact) mass is 329 g/mol. The van der Waals surface area contributed by atoms with Gasteiger partial charge in [-0.2, -0.15) is 0 Å². The minimum absolute atomic E-state index is 0.658. The van der Waals surface area contributed by atoms with Gasteiger partial charge in [-0.1, -0.05) is 29.3 Å². The van der Waals surface area contributed by atoms with Crippen molar-refractivity contribution in [3.05, 3.63) is 52.5 Å². The van der Waals surface area contributed by atoms with Gasteiger partial charge in [0, 0.05) is 32.0 Å². The first kappa shape index (κ1) is 17.4. The lowest BCUT2D eigenvalue weighted by Crippen LogP contribution is -2.14. The number of rotatable bonds is 5. The molecular weight excluding hydrogens is 306 g/mol. The lowest BCUT2D eigenvalue weighted by molar-refractivity contribution is 0.552. The topological polar surface area (TPSA) is 18.8 Å². The molecule has 0 bridgehead atoms. The summed E-state index contributed by atoms with van der Waals surface area (Å²) in [5.41, 5.74) is 5.41. The van der Waals surface area contributed by atoms with Gasteiger partial charge in [0.15, 0.2) is 0 Å². The third-order valence-corrected chi connectivity index (χ3v) is 4.24. The summed E-state index contributed by atoms with van der Waals surface area (Å²) in [7, 11) is 4.04. The quantitative estimate of drug-likeness (QED) is 0.545. The SMILES string of the molecule is CCN(C)C=Nc1cc(C)c(N(C)c2ccc(C)cc2)cc1Cl. The first-order valence-corrected chi connectivity index (χ1v) is 8.15. The van der Waals surface area contributed by atoms with E-state index in [0.29, 0.717) is 5.02 Å².